The monoisotopic (exact) mass is 371 g/mol. The van der Waals surface area contributed by atoms with Crippen molar-refractivity contribution in [1.29, 1.82) is 0 Å². The predicted octanol–water partition coefficient (Wildman–Crippen LogP) is 4.03. The smallest absolute Gasteiger partial charge is 0.255 e. The van der Waals surface area contributed by atoms with E-state index in [1.807, 2.05) is 36.4 Å². The standard InChI is InChI=1S/C21H17N5O2/c1-28-17-9-7-14(8-10-17)21(27)26-16-5-2-4-15(12-16)25-20-18-6-3-11-22-19(18)23-13-24-20/h2-13H,1H3,(H,26,27)(H,22,23,24,25). The van der Waals surface area contributed by atoms with E-state index in [9.17, 15) is 4.79 Å². The summed E-state index contributed by atoms with van der Waals surface area (Å²) in [5.41, 5.74) is 2.62. The van der Waals surface area contributed by atoms with E-state index in [0.717, 1.165) is 11.1 Å². The van der Waals surface area contributed by atoms with Crippen molar-refractivity contribution in [1.82, 2.24) is 15.0 Å². The van der Waals surface area contributed by atoms with Crippen molar-refractivity contribution in [2.45, 2.75) is 0 Å². The number of hydrogen-bond acceptors (Lipinski definition) is 6. The lowest BCUT2D eigenvalue weighted by Crippen LogP contribution is -2.11. The van der Waals surface area contributed by atoms with Crippen LogP contribution in [0.2, 0.25) is 0 Å². The summed E-state index contributed by atoms with van der Waals surface area (Å²) < 4.78 is 5.12. The fraction of sp³-hybridized carbons (Fsp3) is 0.0476. The van der Waals surface area contributed by atoms with E-state index < -0.39 is 0 Å². The first-order valence-corrected chi connectivity index (χ1v) is 8.61. The van der Waals surface area contributed by atoms with Crippen LogP contribution in [0.4, 0.5) is 17.2 Å². The van der Waals surface area contributed by atoms with Crippen LogP contribution in [0.1, 0.15) is 10.4 Å². The van der Waals surface area contributed by atoms with Crippen molar-refractivity contribution in [2.24, 2.45) is 0 Å². The molecule has 0 atom stereocenters. The lowest BCUT2D eigenvalue weighted by Gasteiger charge is -2.10. The van der Waals surface area contributed by atoms with Crippen LogP contribution in [0.15, 0.2) is 73.2 Å². The van der Waals surface area contributed by atoms with Gasteiger partial charge in [0.2, 0.25) is 0 Å². The Kier molecular flexibility index (Phi) is 4.79. The molecule has 4 rings (SSSR count). The number of nitrogens with zero attached hydrogens (tertiary/aromatic N) is 3. The molecule has 4 aromatic rings. The van der Waals surface area contributed by atoms with Gasteiger partial charge in [-0.25, -0.2) is 15.0 Å². The van der Waals surface area contributed by atoms with Gasteiger partial charge in [0.05, 0.1) is 12.5 Å². The first-order chi connectivity index (χ1) is 13.7. The molecule has 2 aromatic carbocycles. The van der Waals surface area contributed by atoms with Gasteiger partial charge in [-0.05, 0) is 54.6 Å². The molecule has 2 N–H and O–H groups in total. The molecule has 2 aromatic heterocycles. The Morgan fingerprint density at radius 2 is 1.75 bits per heavy atom. The van der Waals surface area contributed by atoms with Crippen molar-refractivity contribution >= 4 is 34.1 Å². The maximum Gasteiger partial charge on any atom is 0.255 e. The average Bonchev–Trinajstić information content (AvgIpc) is 2.74. The van der Waals surface area contributed by atoms with Crippen molar-refractivity contribution in [2.75, 3.05) is 17.7 Å². The number of fused-ring (bicyclic) bond motifs is 1. The molecule has 1 amide bonds. The molecule has 0 fully saturated rings. The highest BCUT2D eigenvalue weighted by Gasteiger charge is 2.08. The van der Waals surface area contributed by atoms with Crippen LogP contribution in [0.5, 0.6) is 5.75 Å². The Bertz CT molecular complexity index is 1120. The number of methoxy groups -OCH3 is 1. The van der Waals surface area contributed by atoms with E-state index in [-0.39, 0.29) is 5.91 Å². The second-order valence-corrected chi connectivity index (χ2v) is 5.99. The topological polar surface area (TPSA) is 89.0 Å². The normalized spacial score (nSPS) is 10.5. The van der Waals surface area contributed by atoms with Crippen LogP contribution in [-0.4, -0.2) is 28.0 Å². The van der Waals surface area contributed by atoms with Crippen molar-refractivity contribution in [3.05, 3.63) is 78.8 Å². The van der Waals surface area contributed by atoms with Gasteiger partial charge in [-0.3, -0.25) is 4.79 Å². The van der Waals surface area contributed by atoms with Gasteiger partial charge >= 0.3 is 0 Å². The Labute approximate surface area is 161 Å². The quantitative estimate of drug-likeness (QED) is 0.551. The Hall–Kier alpha value is -4.00. The Morgan fingerprint density at radius 3 is 2.57 bits per heavy atom. The Balaban J connectivity index is 1.53. The van der Waals surface area contributed by atoms with Crippen LogP contribution in [0.25, 0.3) is 11.0 Å². The highest BCUT2D eigenvalue weighted by molar-refractivity contribution is 6.04. The van der Waals surface area contributed by atoms with Gasteiger partial charge in [0.25, 0.3) is 5.91 Å². The largest absolute Gasteiger partial charge is 0.497 e. The Morgan fingerprint density at radius 1 is 0.929 bits per heavy atom. The van der Waals surface area contributed by atoms with Gasteiger partial charge in [0.15, 0.2) is 5.65 Å². The summed E-state index contributed by atoms with van der Waals surface area (Å²) in [7, 11) is 1.59. The highest BCUT2D eigenvalue weighted by atomic mass is 16.5. The second-order valence-electron chi connectivity index (χ2n) is 5.99. The number of benzene rings is 2. The summed E-state index contributed by atoms with van der Waals surface area (Å²) in [6.07, 6.45) is 3.15. The number of aromatic nitrogens is 3. The molecule has 7 nitrogen and oxygen atoms in total. The summed E-state index contributed by atoms with van der Waals surface area (Å²) in [5.74, 6) is 1.16. The number of amides is 1. The zero-order chi connectivity index (χ0) is 19.3. The molecule has 0 aliphatic rings. The molecule has 7 heteroatoms. The van der Waals surface area contributed by atoms with E-state index in [2.05, 4.69) is 25.6 Å². The number of pyridine rings is 1. The lowest BCUT2D eigenvalue weighted by atomic mass is 10.2. The maximum absolute atomic E-state index is 12.5. The number of carbonyl (C=O) groups is 1. The number of anilines is 3. The van der Waals surface area contributed by atoms with E-state index >= 15 is 0 Å². The van der Waals surface area contributed by atoms with Crippen molar-refractivity contribution < 1.29 is 9.53 Å². The van der Waals surface area contributed by atoms with Crippen LogP contribution in [-0.2, 0) is 0 Å². The number of ether oxygens (including phenoxy) is 1. The molecule has 138 valence electrons. The molecule has 2 heterocycles. The summed E-state index contributed by atoms with van der Waals surface area (Å²) in [5, 5.41) is 6.97. The molecule has 28 heavy (non-hydrogen) atoms. The molecule has 0 bridgehead atoms. The van der Waals surface area contributed by atoms with Crippen molar-refractivity contribution in [3.63, 3.8) is 0 Å². The van der Waals surface area contributed by atoms with Gasteiger partial charge in [-0.2, -0.15) is 0 Å². The minimum Gasteiger partial charge on any atom is -0.497 e. The van der Waals surface area contributed by atoms with Crippen molar-refractivity contribution in [3.8, 4) is 5.75 Å². The third kappa shape index (κ3) is 3.73. The molecule has 0 spiro atoms. The first kappa shape index (κ1) is 17.4. The van der Waals surface area contributed by atoms with E-state index in [0.29, 0.717) is 28.5 Å². The predicted molar refractivity (Wildman–Crippen MR) is 108 cm³/mol. The average molecular weight is 371 g/mol. The third-order valence-corrected chi connectivity index (χ3v) is 4.14. The zero-order valence-corrected chi connectivity index (χ0v) is 15.1. The fourth-order valence-electron chi connectivity index (χ4n) is 2.75. The summed E-state index contributed by atoms with van der Waals surface area (Å²) >= 11 is 0. The van der Waals surface area contributed by atoms with Gasteiger partial charge in [-0.1, -0.05) is 6.07 Å². The number of hydrogen-bond donors (Lipinski definition) is 2. The third-order valence-electron chi connectivity index (χ3n) is 4.14. The molecular weight excluding hydrogens is 354 g/mol. The summed E-state index contributed by atoms with van der Waals surface area (Å²) in [4.78, 5) is 25.1. The van der Waals surface area contributed by atoms with Gasteiger partial charge < -0.3 is 15.4 Å². The van der Waals surface area contributed by atoms with Gasteiger partial charge in [0.1, 0.15) is 17.9 Å². The zero-order valence-electron chi connectivity index (χ0n) is 15.1. The van der Waals surface area contributed by atoms with Gasteiger partial charge in [0, 0.05) is 23.1 Å². The maximum atomic E-state index is 12.5. The summed E-state index contributed by atoms with van der Waals surface area (Å²) in [6, 6.07) is 18.1. The fourth-order valence-corrected chi connectivity index (χ4v) is 2.75. The lowest BCUT2D eigenvalue weighted by molar-refractivity contribution is 0.102. The molecule has 0 saturated heterocycles. The van der Waals surface area contributed by atoms with Crippen LogP contribution >= 0.6 is 0 Å². The van der Waals surface area contributed by atoms with Crippen LogP contribution in [0, 0.1) is 0 Å². The minimum atomic E-state index is -0.198. The number of carbonyl (C=O) groups excluding carboxylic acids is 1. The minimum absolute atomic E-state index is 0.198. The number of rotatable bonds is 5. The molecule has 0 radical (unpaired) electrons. The van der Waals surface area contributed by atoms with E-state index in [1.54, 1.807) is 37.6 Å². The first-order valence-electron chi connectivity index (χ1n) is 8.61. The highest BCUT2D eigenvalue weighted by Crippen LogP contribution is 2.24. The van der Waals surface area contributed by atoms with Gasteiger partial charge in [-0.15, -0.1) is 0 Å². The van der Waals surface area contributed by atoms with E-state index in [4.69, 9.17) is 4.74 Å². The van der Waals surface area contributed by atoms with Crippen LogP contribution in [0.3, 0.4) is 0 Å². The SMILES string of the molecule is COc1ccc(C(=O)Nc2cccc(Nc3ncnc4ncccc34)c2)cc1. The summed E-state index contributed by atoms with van der Waals surface area (Å²) in [6.45, 7) is 0. The molecule has 0 saturated carbocycles. The molecule has 0 unspecified atom stereocenters. The molecule has 0 aliphatic heterocycles. The molecular formula is C21H17N5O2. The van der Waals surface area contributed by atoms with E-state index in [1.165, 1.54) is 6.33 Å². The second kappa shape index (κ2) is 7.71. The molecule has 0 aliphatic carbocycles. The number of nitrogens with one attached hydrogen (secondary N) is 2. The van der Waals surface area contributed by atoms with Crippen LogP contribution < -0.4 is 15.4 Å².